The van der Waals surface area contributed by atoms with Crippen LogP contribution in [0.25, 0.3) is 0 Å². The van der Waals surface area contributed by atoms with Crippen molar-refractivity contribution < 1.29 is 8.42 Å². The van der Waals surface area contributed by atoms with Crippen molar-refractivity contribution in [2.45, 2.75) is 32.2 Å². The minimum Gasteiger partial charge on any atom is -0.298 e. The van der Waals surface area contributed by atoms with Crippen LogP contribution >= 0.6 is 0 Å². The van der Waals surface area contributed by atoms with Crippen LogP contribution in [0.15, 0.2) is 30.3 Å². The average Bonchev–Trinajstić information content (AvgIpc) is 2.92. The highest BCUT2D eigenvalue weighted by Crippen LogP contribution is 2.29. The fourth-order valence-corrected chi connectivity index (χ4v) is 4.62. The molecule has 1 saturated heterocycles. The van der Waals surface area contributed by atoms with Gasteiger partial charge in [-0.1, -0.05) is 36.8 Å². The van der Waals surface area contributed by atoms with Gasteiger partial charge < -0.3 is 0 Å². The minimum absolute atomic E-state index is 0.466. The summed E-state index contributed by atoms with van der Waals surface area (Å²) in [6.45, 7) is 4.52. The van der Waals surface area contributed by atoms with Crippen molar-refractivity contribution in [1.29, 1.82) is 0 Å². The molecule has 0 N–H and O–H groups in total. The number of hydrogen-bond acceptors (Lipinski definition) is 3. The van der Waals surface area contributed by atoms with Gasteiger partial charge in [0.25, 0.3) is 0 Å². The monoisotopic (exact) mass is 336 g/mol. The van der Waals surface area contributed by atoms with Crippen LogP contribution in [0.1, 0.15) is 31.2 Å². The number of sulfonamides is 1. The van der Waals surface area contributed by atoms with Gasteiger partial charge in [-0.3, -0.25) is 4.90 Å². The van der Waals surface area contributed by atoms with E-state index in [1.54, 1.807) is 4.31 Å². The smallest absolute Gasteiger partial charge is 0.211 e. The Kier molecular flexibility index (Phi) is 5.39. The van der Waals surface area contributed by atoms with Crippen LogP contribution < -0.4 is 0 Å². The van der Waals surface area contributed by atoms with Crippen LogP contribution in [-0.2, 0) is 16.6 Å². The highest BCUT2D eigenvalue weighted by molar-refractivity contribution is 7.88. The molecule has 1 aromatic rings. The maximum absolute atomic E-state index is 11.7. The highest BCUT2D eigenvalue weighted by Gasteiger charge is 2.30. The normalized spacial score (nSPS) is 23.3. The maximum atomic E-state index is 11.7. The van der Waals surface area contributed by atoms with Gasteiger partial charge in [-0.2, -0.15) is 0 Å². The van der Waals surface area contributed by atoms with Gasteiger partial charge >= 0.3 is 0 Å². The van der Waals surface area contributed by atoms with E-state index in [4.69, 9.17) is 0 Å². The Balaban J connectivity index is 1.59. The van der Waals surface area contributed by atoms with E-state index in [-0.39, 0.29) is 0 Å². The molecule has 23 heavy (non-hydrogen) atoms. The fourth-order valence-electron chi connectivity index (χ4n) is 3.70. The summed E-state index contributed by atoms with van der Waals surface area (Å²) >= 11 is 0. The van der Waals surface area contributed by atoms with E-state index in [0.29, 0.717) is 19.0 Å². The first-order chi connectivity index (χ1) is 11.0. The third kappa shape index (κ3) is 4.78. The van der Waals surface area contributed by atoms with Crippen molar-refractivity contribution >= 4 is 10.0 Å². The second-order valence-corrected chi connectivity index (χ2v) is 9.23. The lowest BCUT2D eigenvalue weighted by molar-refractivity contribution is 0.153. The predicted molar refractivity (Wildman–Crippen MR) is 93.6 cm³/mol. The molecule has 4 nitrogen and oxygen atoms in total. The Morgan fingerprint density at radius 3 is 2.35 bits per heavy atom. The molecular formula is C18H28N2O2S. The minimum atomic E-state index is -3.03. The lowest BCUT2D eigenvalue weighted by Crippen LogP contribution is -2.37. The lowest BCUT2D eigenvalue weighted by Gasteiger charge is -2.34. The molecule has 0 unspecified atom stereocenters. The van der Waals surface area contributed by atoms with Crippen molar-refractivity contribution in [3.05, 3.63) is 35.9 Å². The van der Waals surface area contributed by atoms with Crippen LogP contribution in [0.2, 0.25) is 0 Å². The van der Waals surface area contributed by atoms with Crippen molar-refractivity contribution in [3.8, 4) is 0 Å². The number of rotatable bonds is 7. The predicted octanol–water partition coefficient (Wildman–Crippen LogP) is 2.57. The van der Waals surface area contributed by atoms with Gasteiger partial charge in [-0.05, 0) is 36.7 Å². The van der Waals surface area contributed by atoms with Gasteiger partial charge in [-0.25, -0.2) is 12.7 Å². The molecule has 2 aliphatic rings. The van der Waals surface area contributed by atoms with Gasteiger partial charge in [-0.15, -0.1) is 0 Å². The highest BCUT2D eigenvalue weighted by atomic mass is 32.2. The first-order valence-corrected chi connectivity index (χ1v) is 10.6. The van der Waals surface area contributed by atoms with Crippen molar-refractivity contribution in [1.82, 2.24) is 9.21 Å². The summed E-state index contributed by atoms with van der Waals surface area (Å²) in [6.07, 6.45) is 6.39. The van der Waals surface area contributed by atoms with E-state index in [2.05, 4.69) is 35.2 Å². The number of nitrogens with zero attached hydrogens (tertiary/aromatic N) is 2. The Hall–Kier alpha value is -0.910. The maximum Gasteiger partial charge on any atom is 0.211 e. The topological polar surface area (TPSA) is 40.6 Å². The molecule has 0 radical (unpaired) electrons. The van der Waals surface area contributed by atoms with E-state index >= 15 is 0 Å². The third-order valence-electron chi connectivity index (χ3n) is 5.22. The van der Waals surface area contributed by atoms with Crippen LogP contribution in [0.3, 0.4) is 0 Å². The zero-order valence-electron chi connectivity index (χ0n) is 14.0. The standard InChI is InChI=1S/C18H28N2O2S/c1-23(21,22)20-11-10-18(15-20)14-19(13-17-8-5-9-17)12-16-6-3-2-4-7-16/h2-4,6-7,17-18H,5,8-15H2,1H3/t18-/m0/s1. The Bertz CT molecular complexity index is 599. The SMILES string of the molecule is CS(=O)(=O)N1CC[C@@H](CN(Cc2ccccc2)CC2CCC2)C1. The Morgan fingerprint density at radius 2 is 1.78 bits per heavy atom. The molecule has 1 atom stereocenters. The zero-order chi connectivity index (χ0) is 16.3. The fraction of sp³-hybridized carbons (Fsp3) is 0.667. The lowest BCUT2D eigenvalue weighted by atomic mass is 9.85. The Morgan fingerprint density at radius 1 is 1.09 bits per heavy atom. The summed E-state index contributed by atoms with van der Waals surface area (Å²) in [6, 6.07) is 10.6. The molecule has 5 heteroatoms. The molecule has 1 heterocycles. The molecule has 0 amide bonds. The van der Waals surface area contributed by atoms with E-state index in [9.17, 15) is 8.42 Å². The molecule has 1 aliphatic carbocycles. The molecular weight excluding hydrogens is 308 g/mol. The third-order valence-corrected chi connectivity index (χ3v) is 6.49. The summed E-state index contributed by atoms with van der Waals surface area (Å²) in [4.78, 5) is 2.55. The van der Waals surface area contributed by atoms with Crippen LogP contribution in [-0.4, -0.2) is 50.1 Å². The molecule has 1 saturated carbocycles. The molecule has 0 spiro atoms. The van der Waals surface area contributed by atoms with E-state index < -0.39 is 10.0 Å². The second-order valence-electron chi connectivity index (χ2n) is 7.25. The summed E-state index contributed by atoms with van der Waals surface area (Å²) in [5.74, 6) is 1.31. The summed E-state index contributed by atoms with van der Waals surface area (Å²) in [5, 5.41) is 0. The molecule has 0 aromatic heterocycles. The quantitative estimate of drug-likeness (QED) is 0.768. The number of hydrogen-bond donors (Lipinski definition) is 0. The van der Waals surface area contributed by atoms with E-state index in [0.717, 1.165) is 32.0 Å². The van der Waals surface area contributed by atoms with Gasteiger partial charge in [0, 0.05) is 32.7 Å². The van der Waals surface area contributed by atoms with Gasteiger partial charge in [0.2, 0.25) is 10.0 Å². The van der Waals surface area contributed by atoms with E-state index in [1.807, 2.05) is 0 Å². The van der Waals surface area contributed by atoms with Gasteiger partial charge in [0.1, 0.15) is 0 Å². The second kappa shape index (κ2) is 7.32. The first-order valence-electron chi connectivity index (χ1n) is 8.72. The summed E-state index contributed by atoms with van der Waals surface area (Å²) < 4.78 is 25.0. The summed E-state index contributed by atoms with van der Waals surface area (Å²) in [5.41, 5.74) is 1.35. The zero-order valence-corrected chi connectivity index (χ0v) is 14.8. The molecule has 1 aliphatic heterocycles. The van der Waals surface area contributed by atoms with Crippen LogP contribution in [0.4, 0.5) is 0 Å². The van der Waals surface area contributed by atoms with Gasteiger partial charge in [0.15, 0.2) is 0 Å². The molecule has 0 bridgehead atoms. The van der Waals surface area contributed by atoms with Gasteiger partial charge in [0.05, 0.1) is 6.26 Å². The molecule has 128 valence electrons. The van der Waals surface area contributed by atoms with Crippen molar-refractivity contribution in [3.63, 3.8) is 0 Å². The molecule has 1 aromatic carbocycles. The summed E-state index contributed by atoms with van der Waals surface area (Å²) in [7, 11) is -3.03. The molecule has 2 fully saturated rings. The van der Waals surface area contributed by atoms with Crippen molar-refractivity contribution in [2.24, 2.45) is 11.8 Å². The molecule has 3 rings (SSSR count). The first kappa shape index (κ1) is 16.9. The largest absolute Gasteiger partial charge is 0.298 e. The Labute approximate surface area is 140 Å². The van der Waals surface area contributed by atoms with Crippen LogP contribution in [0.5, 0.6) is 0 Å². The van der Waals surface area contributed by atoms with Crippen molar-refractivity contribution in [2.75, 3.05) is 32.4 Å². The number of benzene rings is 1. The average molecular weight is 337 g/mol. The van der Waals surface area contributed by atoms with E-state index in [1.165, 1.54) is 31.1 Å². The van der Waals surface area contributed by atoms with Crippen LogP contribution in [0, 0.1) is 11.8 Å².